The van der Waals surface area contributed by atoms with Gasteiger partial charge in [0.15, 0.2) is 11.5 Å². The van der Waals surface area contributed by atoms with Crippen LogP contribution in [0.5, 0.6) is 0 Å². The number of hydrogen-bond donors (Lipinski definition) is 1. The highest BCUT2D eigenvalue weighted by Crippen LogP contribution is 2.18. The summed E-state index contributed by atoms with van der Waals surface area (Å²) < 4.78 is 15.6. The van der Waals surface area contributed by atoms with E-state index in [1.54, 1.807) is 12.1 Å². The van der Waals surface area contributed by atoms with Gasteiger partial charge in [0, 0.05) is 12.7 Å². The molecule has 21 heavy (non-hydrogen) atoms. The zero-order valence-electron chi connectivity index (χ0n) is 11.4. The Balaban J connectivity index is 1.74. The van der Waals surface area contributed by atoms with E-state index in [1.807, 2.05) is 35.7 Å². The summed E-state index contributed by atoms with van der Waals surface area (Å²) in [5.74, 6) is 0.599. The first kappa shape index (κ1) is 14.2. The number of rotatable bonds is 4. The average Bonchev–Trinajstić information content (AvgIpc) is 2.92. The molecule has 2 aromatic heterocycles. The van der Waals surface area contributed by atoms with Crippen LogP contribution in [0.4, 0.5) is 4.39 Å². The number of pyridine rings is 1. The van der Waals surface area contributed by atoms with E-state index >= 15 is 0 Å². The standard InChI is InChI=1S/C15H14BrFN4/c1-10(15-20-19-14-4-2-3-7-21(14)15)18-9-11-5-6-13(17)12(16)8-11/h2-8,10,18H,9H2,1H3. The second-order valence-corrected chi connectivity index (χ2v) is 5.69. The van der Waals surface area contributed by atoms with Crippen LogP contribution in [0.3, 0.4) is 0 Å². The summed E-state index contributed by atoms with van der Waals surface area (Å²) >= 11 is 3.20. The van der Waals surface area contributed by atoms with Crippen molar-refractivity contribution in [3.63, 3.8) is 0 Å². The minimum absolute atomic E-state index is 0.0335. The van der Waals surface area contributed by atoms with Crippen LogP contribution in [0.25, 0.3) is 5.65 Å². The first-order chi connectivity index (χ1) is 10.1. The molecule has 0 bridgehead atoms. The second-order valence-electron chi connectivity index (χ2n) is 4.84. The highest BCUT2D eigenvalue weighted by Gasteiger charge is 2.12. The lowest BCUT2D eigenvalue weighted by molar-refractivity contribution is 0.540. The summed E-state index contributed by atoms with van der Waals surface area (Å²) in [7, 11) is 0. The lowest BCUT2D eigenvalue weighted by Crippen LogP contribution is -2.20. The molecule has 3 rings (SSSR count). The highest BCUT2D eigenvalue weighted by atomic mass is 79.9. The first-order valence-corrected chi connectivity index (χ1v) is 7.41. The van der Waals surface area contributed by atoms with E-state index in [2.05, 4.69) is 31.4 Å². The van der Waals surface area contributed by atoms with E-state index in [-0.39, 0.29) is 11.9 Å². The molecule has 0 saturated carbocycles. The fourth-order valence-corrected chi connectivity index (χ4v) is 2.59. The summed E-state index contributed by atoms with van der Waals surface area (Å²) in [5.41, 5.74) is 1.83. The van der Waals surface area contributed by atoms with E-state index < -0.39 is 0 Å². The third-order valence-corrected chi connectivity index (χ3v) is 3.93. The summed E-state index contributed by atoms with van der Waals surface area (Å²) in [6.45, 7) is 2.66. The summed E-state index contributed by atoms with van der Waals surface area (Å²) in [6.07, 6.45) is 1.94. The fourth-order valence-electron chi connectivity index (χ4n) is 2.17. The van der Waals surface area contributed by atoms with Gasteiger partial charge < -0.3 is 5.32 Å². The molecule has 108 valence electrons. The van der Waals surface area contributed by atoms with Gasteiger partial charge >= 0.3 is 0 Å². The van der Waals surface area contributed by atoms with E-state index in [1.165, 1.54) is 6.07 Å². The molecule has 0 aliphatic heterocycles. The van der Waals surface area contributed by atoms with Crippen molar-refractivity contribution >= 4 is 21.6 Å². The smallest absolute Gasteiger partial charge is 0.160 e. The summed E-state index contributed by atoms with van der Waals surface area (Å²) in [4.78, 5) is 0. The van der Waals surface area contributed by atoms with Crippen molar-refractivity contribution in [2.45, 2.75) is 19.5 Å². The molecule has 2 heterocycles. The van der Waals surface area contributed by atoms with Crippen LogP contribution in [0.2, 0.25) is 0 Å². The molecule has 0 aliphatic rings. The maximum absolute atomic E-state index is 13.2. The van der Waals surface area contributed by atoms with Crippen molar-refractivity contribution in [3.8, 4) is 0 Å². The van der Waals surface area contributed by atoms with Crippen molar-refractivity contribution in [2.75, 3.05) is 0 Å². The zero-order valence-corrected chi connectivity index (χ0v) is 13.0. The third-order valence-electron chi connectivity index (χ3n) is 3.32. The lowest BCUT2D eigenvalue weighted by atomic mass is 10.2. The van der Waals surface area contributed by atoms with Crippen molar-refractivity contribution in [1.82, 2.24) is 19.9 Å². The fraction of sp³-hybridized carbons (Fsp3) is 0.200. The Kier molecular flexibility index (Phi) is 3.98. The van der Waals surface area contributed by atoms with Gasteiger partial charge in [-0.05, 0) is 52.7 Å². The Morgan fingerprint density at radius 1 is 1.29 bits per heavy atom. The topological polar surface area (TPSA) is 42.2 Å². The SMILES string of the molecule is CC(NCc1ccc(F)c(Br)c1)c1nnc2ccccn12. The van der Waals surface area contributed by atoms with Crippen molar-refractivity contribution in [3.05, 3.63) is 64.3 Å². The number of halogens is 2. The summed E-state index contributed by atoms with van der Waals surface area (Å²) in [6, 6.07) is 10.8. The molecule has 0 saturated heterocycles. The molecule has 0 amide bonds. The monoisotopic (exact) mass is 348 g/mol. The van der Waals surface area contributed by atoms with E-state index in [9.17, 15) is 4.39 Å². The van der Waals surface area contributed by atoms with Crippen LogP contribution < -0.4 is 5.32 Å². The molecular formula is C15H14BrFN4. The molecule has 1 N–H and O–H groups in total. The Labute approximate surface area is 130 Å². The lowest BCUT2D eigenvalue weighted by Gasteiger charge is -2.12. The molecule has 0 radical (unpaired) electrons. The van der Waals surface area contributed by atoms with Crippen LogP contribution in [0.15, 0.2) is 47.1 Å². The molecule has 1 unspecified atom stereocenters. The van der Waals surface area contributed by atoms with Gasteiger partial charge in [0.05, 0.1) is 10.5 Å². The third kappa shape index (κ3) is 2.96. The Hall–Kier alpha value is -1.79. The molecule has 0 aliphatic carbocycles. The van der Waals surface area contributed by atoms with Crippen LogP contribution >= 0.6 is 15.9 Å². The van der Waals surface area contributed by atoms with Gasteiger partial charge in [-0.1, -0.05) is 12.1 Å². The number of benzene rings is 1. The molecule has 6 heteroatoms. The van der Waals surface area contributed by atoms with Crippen molar-refractivity contribution < 1.29 is 4.39 Å². The van der Waals surface area contributed by atoms with Crippen LogP contribution in [0.1, 0.15) is 24.4 Å². The van der Waals surface area contributed by atoms with Gasteiger partial charge in [-0.25, -0.2) is 4.39 Å². The van der Waals surface area contributed by atoms with Gasteiger partial charge in [-0.2, -0.15) is 0 Å². The largest absolute Gasteiger partial charge is 0.303 e. The van der Waals surface area contributed by atoms with Gasteiger partial charge in [-0.3, -0.25) is 4.40 Å². The maximum atomic E-state index is 13.2. The predicted octanol–water partition coefficient (Wildman–Crippen LogP) is 3.48. The van der Waals surface area contributed by atoms with Crippen molar-refractivity contribution in [2.24, 2.45) is 0 Å². The van der Waals surface area contributed by atoms with E-state index in [0.717, 1.165) is 17.0 Å². The van der Waals surface area contributed by atoms with Gasteiger partial charge in [-0.15, -0.1) is 10.2 Å². The number of hydrogen-bond acceptors (Lipinski definition) is 3. The minimum Gasteiger partial charge on any atom is -0.303 e. The molecule has 0 spiro atoms. The van der Waals surface area contributed by atoms with Crippen LogP contribution in [-0.2, 0) is 6.54 Å². The molecule has 4 nitrogen and oxygen atoms in total. The molecule has 3 aromatic rings. The molecule has 1 atom stereocenters. The summed E-state index contributed by atoms with van der Waals surface area (Å²) in [5, 5.41) is 11.7. The van der Waals surface area contributed by atoms with Crippen LogP contribution in [0, 0.1) is 5.82 Å². The highest BCUT2D eigenvalue weighted by molar-refractivity contribution is 9.10. The minimum atomic E-state index is -0.254. The quantitative estimate of drug-likeness (QED) is 0.784. The second kappa shape index (κ2) is 5.91. The van der Waals surface area contributed by atoms with Gasteiger partial charge in [0.1, 0.15) is 5.82 Å². The van der Waals surface area contributed by atoms with Crippen molar-refractivity contribution in [1.29, 1.82) is 0 Å². The zero-order chi connectivity index (χ0) is 14.8. The molecule has 0 fully saturated rings. The average molecular weight is 349 g/mol. The number of nitrogens with one attached hydrogen (secondary N) is 1. The number of nitrogens with zero attached hydrogens (tertiary/aromatic N) is 3. The first-order valence-electron chi connectivity index (χ1n) is 6.62. The Bertz CT molecular complexity index is 771. The predicted molar refractivity (Wildman–Crippen MR) is 82.3 cm³/mol. The maximum Gasteiger partial charge on any atom is 0.160 e. The van der Waals surface area contributed by atoms with E-state index in [4.69, 9.17) is 0 Å². The molecule has 1 aromatic carbocycles. The van der Waals surface area contributed by atoms with Gasteiger partial charge in [0.25, 0.3) is 0 Å². The number of fused-ring (bicyclic) bond motifs is 1. The Morgan fingerprint density at radius 2 is 2.14 bits per heavy atom. The van der Waals surface area contributed by atoms with Gasteiger partial charge in [0.2, 0.25) is 0 Å². The van der Waals surface area contributed by atoms with Crippen LogP contribution in [-0.4, -0.2) is 14.6 Å². The normalized spacial score (nSPS) is 12.7. The Morgan fingerprint density at radius 3 is 2.95 bits per heavy atom. The molecular weight excluding hydrogens is 335 g/mol. The number of aromatic nitrogens is 3. The van der Waals surface area contributed by atoms with E-state index in [0.29, 0.717) is 11.0 Å².